The number of imide groups is 1. The first-order chi connectivity index (χ1) is 15.9. The van der Waals surface area contributed by atoms with Crippen molar-refractivity contribution in [3.63, 3.8) is 0 Å². The van der Waals surface area contributed by atoms with Gasteiger partial charge in [0.25, 0.3) is 0 Å². The Bertz CT molecular complexity index is 1200. The lowest BCUT2D eigenvalue weighted by Crippen LogP contribution is -2.57. The largest absolute Gasteiger partial charge is 0.274 e. The van der Waals surface area contributed by atoms with E-state index in [2.05, 4.69) is 0 Å². The number of nitrogens with zero attached hydrogens (tertiary/aromatic N) is 1. The zero-order valence-corrected chi connectivity index (χ0v) is 20.0. The van der Waals surface area contributed by atoms with Gasteiger partial charge in [0.1, 0.15) is 9.75 Å². The molecule has 2 bridgehead atoms. The molecule has 3 nitrogen and oxygen atoms in total. The molecule has 1 heterocycles. The van der Waals surface area contributed by atoms with Crippen LogP contribution in [0.1, 0.15) is 47.2 Å². The highest BCUT2D eigenvalue weighted by Gasteiger charge is 2.73. The van der Waals surface area contributed by atoms with Crippen LogP contribution in [0.15, 0.2) is 66.7 Å². The third kappa shape index (κ3) is 2.32. The zero-order valence-electron chi connectivity index (χ0n) is 18.4. The molecule has 7 rings (SSSR count). The van der Waals surface area contributed by atoms with E-state index in [-0.39, 0.29) is 11.8 Å². The Balaban J connectivity index is 1.66. The van der Waals surface area contributed by atoms with Crippen molar-refractivity contribution in [1.82, 2.24) is 0 Å². The van der Waals surface area contributed by atoms with Crippen LogP contribution in [0.5, 0.6) is 0 Å². The second-order valence-electron chi connectivity index (χ2n) is 9.11. The molecule has 0 radical (unpaired) electrons. The van der Waals surface area contributed by atoms with Crippen LogP contribution in [0.2, 0.25) is 0 Å². The number of para-hydroxylation sites is 1. The summed E-state index contributed by atoms with van der Waals surface area (Å²) in [5, 5.41) is 0. The molecule has 166 valence electrons. The van der Waals surface area contributed by atoms with E-state index in [1.54, 1.807) is 0 Å². The summed E-state index contributed by atoms with van der Waals surface area (Å²) in [6.45, 7) is 4.08. The van der Waals surface area contributed by atoms with Crippen LogP contribution in [0.4, 0.5) is 5.69 Å². The molecular weight excluding hydrogens is 453 g/mol. The summed E-state index contributed by atoms with van der Waals surface area (Å²) in [7, 11) is 0. The van der Waals surface area contributed by atoms with Gasteiger partial charge in [0, 0.05) is 0 Å². The van der Waals surface area contributed by atoms with Crippen molar-refractivity contribution in [2.75, 3.05) is 4.90 Å². The van der Waals surface area contributed by atoms with Gasteiger partial charge in [-0.3, -0.25) is 9.59 Å². The topological polar surface area (TPSA) is 37.4 Å². The summed E-state index contributed by atoms with van der Waals surface area (Å²) in [6.07, 6.45) is 1.43. The third-order valence-electron chi connectivity index (χ3n) is 7.77. The highest BCUT2D eigenvalue weighted by Crippen LogP contribution is 2.69. The number of carbonyl (C=O) groups excluding carboxylic acids is 2. The molecule has 5 heteroatoms. The quantitative estimate of drug-likeness (QED) is 0.348. The number of alkyl halides is 2. The lowest BCUT2D eigenvalue weighted by atomic mass is 9.54. The molecule has 0 saturated carbocycles. The molecular formula is C28H23Cl2NO2. The number of aryl methyl sites for hydroxylation is 2. The molecule has 3 aromatic carbocycles. The lowest BCUT2D eigenvalue weighted by Gasteiger charge is -2.54. The fourth-order valence-electron chi connectivity index (χ4n) is 6.39. The third-order valence-corrected chi connectivity index (χ3v) is 9.06. The van der Waals surface area contributed by atoms with Crippen molar-refractivity contribution in [2.24, 2.45) is 11.8 Å². The van der Waals surface area contributed by atoms with Crippen LogP contribution in [0, 0.1) is 11.8 Å². The van der Waals surface area contributed by atoms with Gasteiger partial charge in [-0.25, -0.2) is 4.90 Å². The first-order valence-electron chi connectivity index (χ1n) is 11.5. The average molecular weight is 476 g/mol. The lowest BCUT2D eigenvalue weighted by molar-refractivity contribution is -0.122. The molecule has 1 fully saturated rings. The summed E-state index contributed by atoms with van der Waals surface area (Å²) in [6, 6.07) is 21.4. The minimum atomic E-state index is -1.15. The van der Waals surface area contributed by atoms with Gasteiger partial charge in [0.15, 0.2) is 0 Å². The van der Waals surface area contributed by atoms with E-state index in [9.17, 15) is 9.59 Å². The van der Waals surface area contributed by atoms with E-state index in [0.717, 1.165) is 33.4 Å². The summed E-state index contributed by atoms with van der Waals surface area (Å²) >= 11 is 15.0. The molecule has 2 amide bonds. The van der Waals surface area contributed by atoms with Gasteiger partial charge in [-0.1, -0.05) is 80.6 Å². The van der Waals surface area contributed by atoms with E-state index in [1.165, 1.54) is 4.90 Å². The van der Waals surface area contributed by atoms with Gasteiger partial charge in [-0.15, -0.1) is 23.2 Å². The molecule has 0 aromatic heterocycles. The van der Waals surface area contributed by atoms with Gasteiger partial charge in [-0.2, -0.15) is 0 Å². The number of hydrogen-bond acceptors (Lipinski definition) is 2. The van der Waals surface area contributed by atoms with Crippen molar-refractivity contribution in [2.45, 2.75) is 36.4 Å². The SMILES string of the molecule is CCc1cccc(CC)c1N1C(=O)[C@@H]2[C@H](C1=O)C1(Cl)c3ccccc3C2(Cl)c2ccccc21. The van der Waals surface area contributed by atoms with Crippen LogP contribution in [-0.2, 0) is 32.2 Å². The van der Waals surface area contributed by atoms with Gasteiger partial charge in [-0.05, 0) is 46.2 Å². The van der Waals surface area contributed by atoms with Crippen molar-refractivity contribution >= 4 is 40.7 Å². The Morgan fingerprint density at radius 3 is 1.36 bits per heavy atom. The van der Waals surface area contributed by atoms with Crippen molar-refractivity contribution in [3.8, 4) is 0 Å². The van der Waals surface area contributed by atoms with E-state index in [4.69, 9.17) is 23.2 Å². The zero-order chi connectivity index (χ0) is 23.1. The number of amides is 2. The molecule has 1 saturated heterocycles. The Morgan fingerprint density at radius 1 is 0.667 bits per heavy atom. The maximum Gasteiger partial charge on any atom is 0.240 e. The van der Waals surface area contributed by atoms with E-state index >= 15 is 0 Å². The summed E-state index contributed by atoms with van der Waals surface area (Å²) in [5.74, 6) is -2.07. The Hall–Kier alpha value is -2.62. The molecule has 4 aliphatic rings. The maximum absolute atomic E-state index is 14.2. The van der Waals surface area contributed by atoms with Crippen molar-refractivity contribution in [1.29, 1.82) is 0 Å². The van der Waals surface area contributed by atoms with Crippen LogP contribution >= 0.6 is 23.2 Å². The van der Waals surface area contributed by atoms with E-state index in [1.807, 2.05) is 80.6 Å². The summed E-state index contributed by atoms with van der Waals surface area (Å²) < 4.78 is 0. The van der Waals surface area contributed by atoms with Gasteiger partial charge in [0.05, 0.1) is 17.5 Å². The molecule has 1 aliphatic heterocycles. The van der Waals surface area contributed by atoms with Gasteiger partial charge >= 0.3 is 0 Å². The van der Waals surface area contributed by atoms with Crippen LogP contribution in [0.3, 0.4) is 0 Å². The average Bonchev–Trinajstić information content (AvgIpc) is 3.12. The number of benzene rings is 3. The van der Waals surface area contributed by atoms with E-state index < -0.39 is 21.6 Å². The first kappa shape index (κ1) is 20.9. The Labute approximate surface area is 203 Å². The second kappa shape index (κ2) is 6.94. The predicted octanol–water partition coefficient (Wildman–Crippen LogP) is 5.91. The van der Waals surface area contributed by atoms with E-state index in [0.29, 0.717) is 18.5 Å². The number of carbonyl (C=O) groups is 2. The summed E-state index contributed by atoms with van der Waals surface area (Å²) in [4.78, 5) is 27.5. The van der Waals surface area contributed by atoms with Crippen LogP contribution < -0.4 is 4.90 Å². The molecule has 3 aromatic rings. The van der Waals surface area contributed by atoms with Crippen LogP contribution in [-0.4, -0.2) is 11.8 Å². The minimum absolute atomic E-state index is 0.260. The summed E-state index contributed by atoms with van der Waals surface area (Å²) in [5.41, 5.74) is 5.95. The molecule has 0 N–H and O–H groups in total. The number of anilines is 1. The fourth-order valence-corrected chi connectivity index (χ4v) is 7.49. The normalized spacial score (nSPS) is 29.2. The van der Waals surface area contributed by atoms with Crippen molar-refractivity contribution in [3.05, 3.63) is 100 Å². The molecule has 3 aliphatic carbocycles. The first-order valence-corrected chi connectivity index (χ1v) is 12.2. The second-order valence-corrected chi connectivity index (χ2v) is 10.3. The number of halogens is 2. The molecule has 33 heavy (non-hydrogen) atoms. The highest BCUT2D eigenvalue weighted by molar-refractivity contribution is 6.38. The molecule has 2 atom stereocenters. The van der Waals surface area contributed by atoms with Gasteiger partial charge in [0.2, 0.25) is 11.8 Å². The number of rotatable bonds is 3. The Kier molecular flexibility index (Phi) is 4.41. The number of hydrogen-bond donors (Lipinski definition) is 0. The monoisotopic (exact) mass is 475 g/mol. The van der Waals surface area contributed by atoms with Gasteiger partial charge < -0.3 is 0 Å². The van der Waals surface area contributed by atoms with Crippen LogP contribution in [0.25, 0.3) is 0 Å². The fraction of sp³-hybridized carbons (Fsp3) is 0.286. The predicted molar refractivity (Wildman–Crippen MR) is 131 cm³/mol. The minimum Gasteiger partial charge on any atom is -0.274 e. The molecule has 0 spiro atoms. The van der Waals surface area contributed by atoms with Crippen molar-refractivity contribution < 1.29 is 9.59 Å². The Morgan fingerprint density at radius 2 is 1.03 bits per heavy atom. The maximum atomic E-state index is 14.2. The molecule has 0 unspecified atom stereocenters. The smallest absolute Gasteiger partial charge is 0.240 e. The highest BCUT2D eigenvalue weighted by atomic mass is 35.5. The standard InChI is InChI=1S/C28H23Cl2NO2/c1-3-16-10-9-11-17(4-2)24(16)31-25(32)22-23(26(31)33)28(30)19-13-6-5-12-18(19)27(22,29)20-14-7-8-15-21(20)28/h5-15,22-23H,3-4H2,1-2H3/t22-,23+,27?,28?.